The Kier molecular flexibility index (Phi) is 2.73. The van der Waals surface area contributed by atoms with Gasteiger partial charge in [0, 0.05) is 5.69 Å². The molecule has 0 bridgehead atoms. The highest BCUT2D eigenvalue weighted by Gasteiger charge is 2.05. The van der Waals surface area contributed by atoms with Gasteiger partial charge < -0.3 is 11.1 Å². The molecular weight excluding hydrogens is 228 g/mol. The third-order valence-electron chi connectivity index (χ3n) is 1.81. The van der Waals surface area contributed by atoms with Gasteiger partial charge >= 0.3 is 6.03 Å². The van der Waals surface area contributed by atoms with Crippen LogP contribution in [0.3, 0.4) is 0 Å². The van der Waals surface area contributed by atoms with E-state index in [0.29, 0.717) is 16.5 Å². The van der Waals surface area contributed by atoms with Crippen molar-refractivity contribution in [2.24, 2.45) is 5.73 Å². The summed E-state index contributed by atoms with van der Waals surface area (Å²) < 4.78 is 1.43. The van der Waals surface area contributed by atoms with Gasteiger partial charge in [0.25, 0.3) is 0 Å². The standard InChI is InChI=1S/C8H8N6OS/c9-7(15)10-5-2-1-3-6(4-5)14-8(16)11-12-13-14/h1-4H,(H3,9,10,15)(H,11,13,16). The summed E-state index contributed by atoms with van der Waals surface area (Å²) in [4.78, 5) is 10.7. The van der Waals surface area contributed by atoms with Crippen molar-refractivity contribution >= 4 is 24.3 Å². The van der Waals surface area contributed by atoms with Gasteiger partial charge in [-0.25, -0.2) is 4.79 Å². The second kappa shape index (κ2) is 4.19. The lowest BCUT2D eigenvalue weighted by Gasteiger charge is -2.04. The maximum Gasteiger partial charge on any atom is 0.316 e. The van der Waals surface area contributed by atoms with Gasteiger partial charge in [-0.3, -0.25) is 0 Å². The Hall–Kier alpha value is -2.09. The minimum Gasteiger partial charge on any atom is -0.351 e. The van der Waals surface area contributed by atoms with Crippen molar-refractivity contribution in [1.82, 2.24) is 20.2 Å². The summed E-state index contributed by atoms with van der Waals surface area (Å²) >= 11 is 4.08. The van der Waals surface area contributed by atoms with E-state index in [4.69, 9.17) is 5.73 Å². The molecule has 0 spiro atoms. The number of amides is 2. The fraction of sp³-hybridized carbons (Fsp3) is 0. The summed E-state index contributed by atoms with van der Waals surface area (Å²) in [5.41, 5.74) is 6.26. The normalized spacial score (nSPS) is 10.1. The number of thiol groups is 1. The number of benzene rings is 1. The number of urea groups is 1. The number of rotatable bonds is 2. The van der Waals surface area contributed by atoms with Crippen LogP contribution in [0, 0.1) is 0 Å². The smallest absolute Gasteiger partial charge is 0.316 e. The average Bonchev–Trinajstić information content (AvgIpc) is 2.64. The first-order chi connectivity index (χ1) is 7.66. The molecule has 0 aliphatic rings. The van der Waals surface area contributed by atoms with E-state index in [1.165, 1.54) is 4.68 Å². The quantitative estimate of drug-likeness (QED) is 0.659. The zero-order valence-corrected chi connectivity index (χ0v) is 8.93. The lowest BCUT2D eigenvalue weighted by molar-refractivity contribution is 0.259. The van der Waals surface area contributed by atoms with Crippen molar-refractivity contribution in [2.75, 3.05) is 5.32 Å². The molecule has 1 aromatic carbocycles. The lowest BCUT2D eigenvalue weighted by Crippen LogP contribution is -2.19. The minimum atomic E-state index is -0.625. The van der Waals surface area contributed by atoms with E-state index < -0.39 is 6.03 Å². The first-order valence-electron chi connectivity index (χ1n) is 4.31. The molecule has 0 unspecified atom stereocenters. The number of nitrogens with two attached hydrogens (primary N) is 1. The van der Waals surface area contributed by atoms with Gasteiger partial charge in [-0.05, 0) is 28.6 Å². The molecule has 0 fully saturated rings. The highest BCUT2D eigenvalue weighted by atomic mass is 32.1. The monoisotopic (exact) mass is 236 g/mol. The van der Waals surface area contributed by atoms with Gasteiger partial charge in [0.05, 0.1) is 5.69 Å². The lowest BCUT2D eigenvalue weighted by atomic mass is 10.3. The number of nitrogens with zero attached hydrogens (tertiary/aromatic N) is 4. The van der Waals surface area contributed by atoms with E-state index >= 15 is 0 Å². The Morgan fingerprint density at radius 2 is 2.31 bits per heavy atom. The second-order valence-corrected chi connectivity index (χ2v) is 3.33. The summed E-state index contributed by atoms with van der Waals surface area (Å²) in [5.74, 6) is 0. The molecule has 3 N–H and O–H groups in total. The molecule has 2 rings (SSSR count). The molecule has 1 aromatic heterocycles. The number of carbonyl (C=O) groups excluding carboxylic acids is 1. The molecule has 0 aliphatic carbocycles. The van der Waals surface area contributed by atoms with Crippen LogP contribution in [0.5, 0.6) is 0 Å². The number of anilines is 1. The first kappa shape index (κ1) is 10.4. The number of hydrogen-bond donors (Lipinski definition) is 3. The molecule has 1 heterocycles. The zero-order valence-electron chi connectivity index (χ0n) is 8.03. The second-order valence-electron chi connectivity index (χ2n) is 2.93. The van der Waals surface area contributed by atoms with E-state index in [1.807, 2.05) is 0 Å². The van der Waals surface area contributed by atoms with Gasteiger partial charge in [0.1, 0.15) is 0 Å². The summed E-state index contributed by atoms with van der Waals surface area (Å²) in [6, 6.07) is 6.29. The molecule has 8 heteroatoms. The Morgan fingerprint density at radius 3 is 2.94 bits per heavy atom. The summed E-state index contributed by atoms with van der Waals surface area (Å²) in [6.45, 7) is 0. The summed E-state index contributed by atoms with van der Waals surface area (Å²) in [5, 5.41) is 13.7. The average molecular weight is 236 g/mol. The van der Waals surface area contributed by atoms with Crippen LogP contribution in [0.25, 0.3) is 5.69 Å². The van der Waals surface area contributed by atoms with Gasteiger partial charge in [0.2, 0.25) is 5.16 Å². The number of primary amides is 1. The Bertz CT molecular complexity index is 525. The number of hydrogen-bond acceptors (Lipinski definition) is 5. The van der Waals surface area contributed by atoms with Crippen LogP contribution in [-0.4, -0.2) is 26.2 Å². The van der Waals surface area contributed by atoms with Crippen molar-refractivity contribution in [1.29, 1.82) is 0 Å². The third kappa shape index (κ3) is 2.11. The van der Waals surface area contributed by atoms with E-state index in [-0.39, 0.29) is 0 Å². The van der Waals surface area contributed by atoms with Crippen molar-refractivity contribution < 1.29 is 4.79 Å². The summed E-state index contributed by atoms with van der Waals surface area (Å²) in [7, 11) is 0. The molecule has 0 radical (unpaired) electrons. The number of tetrazole rings is 1. The van der Waals surface area contributed by atoms with Crippen LogP contribution in [0.2, 0.25) is 0 Å². The van der Waals surface area contributed by atoms with Crippen molar-refractivity contribution in [2.45, 2.75) is 5.16 Å². The number of aromatic nitrogens is 4. The molecule has 0 aliphatic heterocycles. The van der Waals surface area contributed by atoms with Gasteiger partial charge in [-0.15, -0.1) is 17.7 Å². The molecule has 2 amide bonds. The van der Waals surface area contributed by atoms with Crippen LogP contribution < -0.4 is 11.1 Å². The predicted octanol–water partition coefficient (Wildman–Crippen LogP) is 0.442. The highest BCUT2D eigenvalue weighted by molar-refractivity contribution is 7.80. The van der Waals surface area contributed by atoms with Crippen LogP contribution in [0.1, 0.15) is 0 Å². The van der Waals surface area contributed by atoms with Crippen molar-refractivity contribution in [3.63, 3.8) is 0 Å². The van der Waals surface area contributed by atoms with Gasteiger partial charge in [0.15, 0.2) is 0 Å². The molecule has 0 saturated carbocycles. The maximum absolute atomic E-state index is 10.7. The van der Waals surface area contributed by atoms with Crippen LogP contribution in [-0.2, 0) is 0 Å². The van der Waals surface area contributed by atoms with E-state index in [2.05, 4.69) is 33.5 Å². The highest BCUT2D eigenvalue weighted by Crippen LogP contribution is 2.15. The molecule has 0 saturated heterocycles. The molecule has 2 aromatic rings. The van der Waals surface area contributed by atoms with Gasteiger partial charge in [-0.1, -0.05) is 6.07 Å². The van der Waals surface area contributed by atoms with Gasteiger partial charge in [-0.2, -0.15) is 4.68 Å². The van der Waals surface area contributed by atoms with Crippen LogP contribution in [0.15, 0.2) is 29.4 Å². The Labute approximate surface area is 96.0 Å². The van der Waals surface area contributed by atoms with Crippen LogP contribution >= 0.6 is 12.6 Å². The predicted molar refractivity (Wildman–Crippen MR) is 59.6 cm³/mol. The van der Waals surface area contributed by atoms with E-state index in [1.54, 1.807) is 24.3 Å². The summed E-state index contributed by atoms with van der Waals surface area (Å²) in [6.07, 6.45) is 0. The van der Waals surface area contributed by atoms with E-state index in [9.17, 15) is 4.79 Å². The minimum absolute atomic E-state index is 0.358. The zero-order chi connectivity index (χ0) is 11.5. The third-order valence-corrected chi connectivity index (χ3v) is 2.09. The fourth-order valence-corrected chi connectivity index (χ4v) is 1.40. The number of nitrogens with one attached hydrogen (secondary N) is 1. The molecule has 16 heavy (non-hydrogen) atoms. The largest absolute Gasteiger partial charge is 0.351 e. The topological polar surface area (TPSA) is 98.7 Å². The van der Waals surface area contributed by atoms with Crippen LogP contribution in [0.4, 0.5) is 10.5 Å². The SMILES string of the molecule is NC(=O)Nc1cccc(-n2nnnc2S)c1. The van der Waals surface area contributed by atoms with Crippen molar-refractivity contribution in [3.8, 4) is 5.69 Å². The Balaban J connectivity index is 2.36. The molecular formula is C8H8N6OS. The molecule has 7 nitrogen and oxygen atoms in total. The van der Waals surface area contributed by atoms with E-state index in [0.717, 1.165) is 0 Å². The molecule has 0 atom stereocenters. The Morgan fingerprint density at radius 1 is 1.50 bits per heavy atom. The molecule has 82 valence electrons. The first-order valence-corrected chi connectivity index (χ1v) is 4.76. The van der Waals surface area contributed by atoms with Crippen molar-refractivity contribution in [3.05, 3.63) is 24.3 Å². The maximum atomic E-state index is 10.7. The number of carbonyl (C=O) groups is 1. The fourth-order valence-electron chi connectivity index (χ4n) is 1.21.